The molecule has 3 aliphatic heterocycles. The Bertz CT molecular complexity index is 951. The van der Waals surface area contributed by atoms with Crippen LogP contribution in [0.1, 0.15) is 19.3 Å². The number of hydrogen-bond acceptors (Lipinski definition) is 8. The summed E-state index contributed by atoms with van der Waals surface area (Å²) in [5.41, 5.74) is 0. The molecular formula is C28H39N7O. The van der Waals surface area contributed by atoms with Crippen LogP contribution in [0.2, 0.25) is 0 Å². The largest absolute Gasteiger partial charge is 0.379 e. The molecule has 2 aliphatic carbocycles. The molecule has 6 rings (SSSR count). The molecule has 0 saturated carbocycles. The minimum Gasteiger partial charge on any atom is -0.379 e. The van der Waals surface area contributed by atoms with Gasteiger partial charge in [-0.2, -0.15) is 15.0 Å². The summed E-state index contributed by atoms with van der Waals surface area (Å²) in [5.74, 6) is 4.68. The van der Waals surface area contributed by atoms with E-state index in [9.17, 15) is 0 Å². The average molecular weight is 490 g/mol. The highest BCUT2D eigenvalue weighted by Gasteiger charge is 2.31. The van der Waals surface area contributed by atoms with E-state index >= 15 is 0 Å². The van der Waals surface area contributed by atoms with Crippen molar-refractivity contribution in [2.45, 2.75) is 19.3 Å². The fraction of sp³-hybridized carbons (Fsp3) is 0.607. The van der Waals surface area contributed by atoms with Crippen LogP contribution in [-0.2, 0) is 4.74 Å². The van der Waals surface area contributed by atoms with Crippen LogP contribution in [-0.4, -0.2) is 85.4 Å². The third-order valence-corrected chi connectivity index (χ3v) is 8.30. The highest BCUT2D eigenvalue weighted by Crippen LogP contribution is 2.33. The van der Waals surface area contributed by atoms with Gasteiger partial charge < -0.3 is 19.9 Å². The molecule has 0 aromatic carbocycles. The van der Waals surface area contributed by atoms with Gasteiger partial charge in [-0.3, -0.25) is 4.90 Å². The fourth-order valence-corrected chi connectivity index (χ4v) is 6.12. The third kappa shape index (κ3) is 5.49. The zero-order chi connectivity index (χ0) is 24.2. The number of rotatable bonds is 7. The van der Waals surface area contributed by atoms with Gasteiger partial charge in [0.2, 0.25) is 17.8 Å². The summed E-state index contributed by atoms with van der Waals surface area (Å²) in [6, 6.07) is 0. The van der Waals surface area contributed by atoms with Crippen molar-refractivity contribution in [2.24, 2.45) is 23.7 Å². The number of nitrogens with zero attached hydrogens (tertiary/aromatic N) is 6. The molecule has 0 bridgehead atoms. The molecule has 4 atom stereocenters. The van der Waals surface area contributed by atoms with Crippen LogP contribution in [0, 0.1) is 23.7 Å². The molecular weight excluding hydrogens is 450 g/mol. The second-order valence-electron chi connectivity index (χ2n) is 10.7. The number of morpholine rings is 1. The van der Waals surface area contributed by atoms with Gasteiger partial charge in [-0.05, 0) is 37.6 Å². The minimum absolute atomic E-state index is 0.531. The predicted molar refractivity (Wildman–Crippen MR) is 144 cm³/mol. The number of fused-ring (bicyclic) bond motifs is 2. The summed E-state index contributed by atoms with van der Waals surface area (Å²) in [6.45, 7) is 9.57. The van der Waals surface area contributed by atoms with E-state index in [0.717, 1.165) is 96.7 Å². The number of hydrogen-bond donors (Lipinski definition) is 1. The van der Waals surface area contributed by atoms with E-state index in [4.69, 9.17) is 19.7 Å². The number of aromatic nitrogens is 3. The smallest absolute Gasteiger partial charge is 0.231 e. The molecule has 36 heavy (non-hydrogen) atoms. The average Bonchev–Trinajstić information content (AvgIpc) is 2.95. The van der Waals surface area contributed by atoms with Gasteiger partial charge >= 0.3 is 0 Å². The molecule has 3 fully saturated rings. The number of anilines is 3. The number of allylic oxidation sites excluding steroid dienone is 6. The number of piperidine rings is 2. The SMILES string of the molecule is C1=CC2CCN(c3nc(NCCCN4CCOCC4)nc(N4CCC5C=CC=CC5C4)n3)CC2C=C1. The summed E-state index contributed by atoms with van der Waals surface area (Å²) in [5, 5.41) is 3.53. The lowest BCUT2D eigenvalue weighted by molar-refractivity contribution is 0.0378. The molecule has 0 spiro atoms. The standard InChI is InChI=1S/C28H39N7O/c1-3-8-24-20-34(14-10-22(24)6-1)27-30-26(29-12-5-13-33-16-18-36-19-17-33)31-28(32-27)35-15-11-23-7-2-4-9-25(23)21-35/h1-4,6-9,22-25H,5,10-21H2,(H,29,30,31,32). The maximum atomic E-state index is 5.47. The van der Waals surface area contributed by atoms with Crippen molar-refractivity contribution in [1.82, 2.24) is 19.9 Å². The van der Waals surface area contributed by atoms with Crippen LogP contribution in [0.15, 0.2) is 48.6 Å². The second kappa shape index (κ2) is 11.1. The van der Waals surface area contributed by atoms with Crippen LogP contribution in [0.4, 0.5) is 17.8 Å². The van der Waals surface area contributed by atoms with Gasteiger partial charge in [0.25, 0.3) is 0 Å². The molecule has 1 aromatic rings. The maximum absolute atomic E-state index is 5.47. The van der Waals surface area contributed by atoms with Gasteiger partial charge in [0.05, 0.1) is 13.2 Å². The molecule has 4 unspecified atom stereocenters. The molecule has 3 saturated heterocycles. The molecule has 0 amide bonds. The topological polar surface area (TPSA) is 69.7 Å². The Morgan fingerprint density at radius 3 is 1.86 bits per heavy atom. The quantitative estimate of drug-likeness (QED) is 0.586. The molecule has 1 N–H and O–H groups in total. The van der Waals surface area contributed by atoms with Crippen LogP contribution < -0.4 is 15.1 Å². The lowest BCUT2D eigenvalue weighted by Crippen LogP contribution is -2.42. The van der Waals surface area contributed by atoms with E-state index in [1.807, 2.05) is 0 Å². The zero-order valence-electron chi connectivity index (χ0n) is 21.2. The highest BCUT2D eigenvalue weighted by molar-refractivity contribution is 5.47. The van der Waals surface area contributed by atoms with Gasteiger partial charge in [-0.25, -0.2) is 0 Å². The Kier molecular flexibility index (Phi) is 7.32. The van der Waals surface area contributed by atoms with Gasteiger partial charge in [-0.15, -0.1) is 0 Å². The molecule has 192 valence electrons. The van der Waals surface area contributed by atoms with E-state index < -0.39 is 0 Å². The van der Waals surface area contributed by atoms with Crippen molar-refractivity contribution >= 4 is 17.8 Å². The van der Waals surface area contributed by atoms with Gasteiger partial charge in [0, 0.05) is 57.6 Å². The van der Waals surface area contributed by atoms with Crippen LogP contribution in [0.25, 0.3) is 0 Å². The summed E-state index contributed by atoms with van der Waals surface area (Å²) in [6.07, 6.45) is 21.5. The zero-order valence-corrected chi connectivity index (χ0v) is 21.2. The van der Waals surface area contributed by atoms with Crippen molar-refractivity contribution < 1.29 is 4.74 Å². The predicted octanol–water partition coefficient (Wildman–Crippen LogP) is 3.14. The molecule has 5 aliphatic rings. The minimum atomic E-state index is 0.531. The van der Waals surface area contributed by atoms with Crippen molar-refractivity contribution in [3.05, 3.63) is 48.6 Å². The Morgan fingerprint density at radius 2 is 1.28 bits per heavy atom. The Hall–Kier alpha value is -2.71. The first-order chi connectivity index (χ1) is 17.8. The van der Waals surface area contributed by atoms with E-state index in [0.29, 0.717) is 29.6 Å². The van der Waals surface area contributed by atoms with Gasteiger partial charge in [0.1, 0.15) is 0 Å². The van der Waals surface area contributed by atoms with Crippen LogP contribution >= 0.6 is 0 Å². The third-order valence-electron chi connectivity index (χ3n) is 8.30. The van der Waals surface area contributed by atoms with Gasteiger partial charge in [0.15, 0.2) is 0 Å². The number of ether oxygens (including phenoxy) is 1. The first-order valence-corrected chi connectivity index (χ1v) is 13.8. The van der Waals surface area contributed by atoms with Crippen LogP contribution in [0.5, 0.6) is 0 Å². The summed E-state index contributed by atoms with van der Waals surface area (Å²) in [4.78, 5) is 22.1. The van der Waals surface area contributed by atoms with Crippen LogP contribution in [0.3, 0.4) is 0 Å². The fourth-order valence-electron chi connectivity index (χ4n) is 6.12. The van der Waals surface area contributed by atoms with E-state index in [2.05, 4.69) is 68.6 Å². The number of nitrogens with one attached hydrogen (secondary N) is 1. The van der Waals surface area contributed by atoms with Crippen molar-refractivity contribution in [2.75, 3.05) is 80.7 Å². The normalized spacial score (nSPS) is 29.8. The maximum Gasteiger partial charge on any atom is 0.231 e. The Balaban J connectivity index is 1.17. The first-order valence-electron chi connectivity index (χ1n) is 13.8. The molecule has 0 radical (unpaired) electrons. The van der Waals surface area contributed by atoms with Gasteiger partial charge in [-0.1, -0.05) is 48.6 Å². The lowest BCUT2D eigenvalue weighted by Gasteiger charge is -2.39. The Morgan fingerprint density at radius 1 is 0.722 bits per heavy atom. The Labute approximate surface area is 214 Å². The summed E-state index contributed by atoms with van der Waals surface area (Å²) < 4.78 is 5.47. The molecule has 8 heteroatoms. The monoisotopic (exact) mass is 489 g/mol. The van der Waals surface area contributed by atoms with E-state index in [1.54, 1.807) is 0 Å². The van der Waals surface area contributed by atoms with E-state index in [-0.39, 0.29) is 0 Å². The molecule has 1 aromatic heterocycles. The molecule has 4 heterocycles. The summed E-state index contributed by atoms with van der Waals surface area (Å²) in [7, 11) is 0. The molecule has 8 nitrogen and oxygen atoms in total. The second-order valence-corrected chi connectivity index (χ2v) is 10.7. The highest BCUT2D eigenvalue weighted by atomic mass is 16.5. The van der Waals surface area contributed by atoms with Crippen molar-refractivity contribution in [1.29, 1.82) is 0 Å². The first kappa shape index (κ1) is 23.7. The van der Waals surface area contributed by atoms with Crippen molar-refractivity contribution in [3.8, 4) is 0 Å². The summed E-state index contributed by atoms with van der Waals surface area (Å²) >= 11 is 0. The van der Waals surface area contributed by atoms with Crippen molar-refractivity contribution in [3.63, 3.8) is 0 Å². The lowest BCUT2D eigenvalue weighted by atomic mass is 9.83. The van der Waals surface area contributed by atoms with E-state index in [1.165, 1.54) is 0 Å².